The number of rotatable bonds is 3. The van der Waals surface area contributed by atoms with Gasteiger partial charge >= 0.3 is 0 Å². The molecule has 3 nitrogen and oxygen atoms in total. The molecule has 0 heterocycles. The first-order valence-electron chi connectivity index (χ1n) is 3.67. The van der Waals surface area contributed by atoms with E-state index in [4.69, 9.17) is 0 Å². The minimum Gasteiger partial charge on any atom is -0.299 e. The molecule has 0 radical (unpaired) electrons. The maximum atomic E-state index is 10.1. The van der Waals surface area contributed by atoms with Crippen molar-refractivity contribution in [3.8, 4) is 0 Å². The molecule has 0 aliphatic rings. The van der Waals surface area contributed by atoms with Crippen LogP contribution >= 0.6 is 0 Å². The van der Waals surface area contributed by atoms with Crippen molar-refractivity contribution in [2.45, 2.75) is 0 Å². The van der Waals surface area contributed by atoms with Crippen LogP contribution < -0.4 is 0 Å². The summed E-state index contributed by atoms with van der Waals surface area (Å²) >= 11 is 0. The van der Waals surface area contributed by atoms with Gasteiger partial charge in [0.25, 0.3) is 0 Å². The first-order valence-corrected chi connectivity index (χ1v) is 3.67. The van der Waals surface area contributed by atoms with E-state index in [0.29, 0.717) is 12.0 Å². The van der Waals surface area contributed by atoms with E-state index < -0.39 is 0 Å². The normalized spacial score (nSPS) is 9.54. The monoisotopic (exact) mass is 173 g/mol. The van der Waals surface area contributed by atoms with Gasteiger partial charge in [-0.2, -0.15) is 4.99 Å². The van der Waals surface area contributed by atoms with Gasteiger partial charge in [0.15, 0.2) is 0 Å². The molecule has 1 rings (SSSR count). The lowest BCUT2D eigenvalue weighted by molar-refractivity contribution is -0.104. The average Bonchev–Trinajstić information content (AvgIpc) is 2.17. The van der Waals surface area contributed by atoms with Crippen LogP contribution in [0.1, 0.15) is 5.56 Å². The molecule has 0 amide bonds. The molecule has 3 heteroatoms. The number of benzene rings is 1. The second-order valence-electron chi connectivity index (χ2n) is 2.26. The zero-order valence-corrected chi connectivity index (χ0v) is 6.81. The third-order valence-electron chi connectivity index (χ3n) is 1.46. The molecule has 0 aliphatic carbocycles. The number of aliphatic imine (C=N–C) groups is 1. The van der Waals surface area contributed by atoms with Crippen molar-refractivity contribution in [1.29, 1.82) is 0 Å². The summed E-state index contributed by atoms with van der Waals surface area (Å²) in [6, 6.07) is 6.99. The topological polar surface area (TPSA) is 46.5 Å². The largest absolute Gasteiger partial charge is 0.299 e. The third kappa shape index (κ3) is 2.51. The summed E-state index contributed by atoms with van der Waals surface area (Å²) in [5.74, 6) is 0. The first-order chi connectivity index (χ1) is 6.38. The lowest BCUT2D eigenvalue weighted by atomic mass is 10.2. The highest BCUT2D eigenvalue weighted by atomic mass is 16.1. The zero-order valence-electron chi connectivity index (χ0n) is 6.81. The maximum absolute atomic E-state index is 10.1. The Balaban J connectivity index is 3.10. The smallest absolute Gasteiger partial charge is 0.240 e. The first kappa shape index (κ1) is 9.10. The predicted octanol–water partition coefficient (Wildman–Crippen LogP) is 1.87. The molecule has 13 heavy (non-hydrogen) atoms. The van der Waals surface area contributed by atoms with Crippen molar-refractivity contribution in [2.24, 2.45) is 4.99 Å². The highest BCUT2D eigenvalue weighted by molar-refractivity contribution is 5.77. The average molecular weight is 173 g/mol. The van der Waals surface area contributed by atoms with Crippen LogP contribution in [0.2, 0.25) is 0 Å². The quantitative estimate of drug-likeness (QED) is 0.303. The Bertz CT molecular complexity index is 376. The minimum absolute atomic E-state index is 0.510. The van der Waals surface area contributed by atoms with Crippen molar-refractivity contribution in [3.63, 3.8) is 0 Å². The number of hydrogen-bond acceptors (Lipinski definition) is 3. The summed E-state index contributed by atoms with van der Waals surface area (Å²) in [6.45, 7) is 0. The van der Waals surface area contributed by atoms with Crippen LogP contribution in [0.3, 0.4) is 0 Å². The zero-order chi connectivity index (χ0) is 9.52. The molecule has 0 spiro atoms. The molecule has 0 aliphatic heterocycles. The van der Waals surface area contributed by atoms with Gasteiger partial charge in [0.1, 0.15) is 6.29 Å². The number of allylic oxidation sites excluding steroid dienone is 1. The number of carbonyl (C=O) groups is 1. The molecule has 0 saturated carbocycles. The Morgan fingerprint density at radius 1 is 1.31 bits per heavy atom. The number of nitrogens with zero attached hydrogens (tertiary/aromatic N) is 1. The Morgan fingerprint density at radius 3 is 2.77 bits per heavy atom. The van der Waals surface area contributed by atoms with Crippen LogP contribution in [-0.4, -0.2) is 12.4 Å². The van der Waals surface area contributed by atoms with Gasteiger partial charge in [-0.05, 0) is 18.2 Å². The third-order valence-corrected chi connectivity index (χ3v) is 1.46. The van der Waals surface area contributed by atoms with Crippen LogP contribution in [0.4, 0.5) is 5.69 Å². The standard InChI is InChI=1S/C10H7NO2/c12-7-3-5-9-4-1-2-6-10(9)11-8-13/h1-7H/b5-3+. The Hall–Kier alpha value is -1.99. The van der Waals surface area contributed by atoms with Crippen molar-refractivity contribution < 1.29 is 9.59 Å². The van der Waals surface area contributed by atoms with E-state index in [1.54, 1.807) is 30.3 Å². The summed E-state index contributed by atoms with van der Waals surface area (Å²) in [7, 11) is 0. The molecular weight excluding hydrogens is 166 g/mol. The van der Waals surface area contributed by atoms with Gasteiger partial charge in [0, 0.05) is 5.56 Å². The number of aldehydes is 1. The Morgan fingerprint density at radius 2 is 2.08 bits per heavy atom. The second kappa shape index (κ2) is 4.80. The molecule has 64 valence electrons. The fourth-order valence-electron chi connectivity index (χ4n) is 0.922. The number of hydrogen-bond donors (Lipinski definition) is 0. The molecular formula is C10H7NO2. The van der Waals surface area contributed by atoms with E-state index in [0.717, 1.165) is 5.56 Å². The van der Waals surface area contributed by atoms with E-state index >= 15 is 0 Å². The van der Waals surface area contributed by atoms with Crippen molar-refractivity contribution >= 4 is 24.1 Å². The maximum Gasteiger partial charge on any atom is 0.240 e. The van der Waals surface area contributed by atoms with Gasteiger partial charge in [0.2, 0.25) is 6.08 Å². The molecule has 0 aromatic heterocycles. The Kier molecular flexibility index (Phi) is 3.36. The van der Waals surface area contributed by atoms with Gasteiger partial charge in [-0.1, -0.05) is 18.2 Å². The molecule has 0 bridgehead atoms. The SMILES string of the molecule is O=C=Nc1ccccc1/C=C/C=O. The van der Waals surface area contributed by atoms with Crippen LogP contribution in [0.5, 0.6) is 0 Å². The van der Waals surface area contributed by atoms with Gasteiger partial charge in [0.05, 0.1) is 5.69 Å². The molecule has 0 unspecified atom stereocenters. The second-order valence-corrected chi connectivity index (χ2v) is 2.26. The fourth-order valence-corrected chi connectivity index (χ4v) is 0.922. The molecule has 0 saturated heterocycles. The van der Waals surface area contributed by atoms with Gasteiger partial charge in [-0.3, -0.25) is 4.79 Å². The molecule has 0 N–H and O–H groups in total. The van der Waals surface area contributed by atoms with Crippen molar-refractivity contribution in [1.82, 2.24) is 0 Å². The fraction of sp³-hybridized carbons (Fsp3) is 0. The predicted molar refractivity (Wildman–Crippen MR) is 49.3 cm³/mol. The lowest BCUT2D eigenvalue weighted by Gasteiger charge is -1.95. The van der Waals surface area contributed by atoms with Crippen LogP contribution in [0.25, 0.3) is 6.08 Å². The van der Waals surface area contributed by atoms with Gasteiger partial charge in [-0.25, -0.2) is 4.79 Å². The van der Waals surface area contributed by atoms with E-state index in [9.17, 15) is 9.59 Å². The summed E-state index contributed by atoms with van der Waals surface area (Å²) in [6.07, 6.45) is 5.05. The number of isocyanates is 1. The van der Waals surface area contributed by atoms with Crippen LogP contribution in [0.15, 0.2) is 35.3 Å². The van der Waals surface area contributed by atoms with Gasteiger partial charge in [-0.15, -0.1) is 0 Å². The lowest BCUT2D eigenvalue weighted by Crippen LogP contribution is -1.73. The highest BCUT2D eigenvalue weighted by Gasteiger charge is 1.94. The van der Waals surface area contributed by atoms with E-state index in [2.05, 4.69) is 4.99 Å². The summed E-state index contributed by atoms with van der Waals surface area (Å²) in [4.78, 5) is 23.6. The number of para-hydroxylation sites is 1. The van der Waals surface area contributed by atoms with Crippen LogP contribution in [0, 0.1) is 0 Å². The Labute approximate surface area is 75.4 Å². The molecule has 1 aromatic rings. The number of carbonyl (C=O) groups excluding carboxylic acids is 2. The summed E-state index contributed by atoms with van der Waals surface area (Å²) in [5.41, 5.74) is 1.23. The summed E-state index contributed by atoms with van der Waals surface area (Å²) < 4.78 is 0. The van der Waals surface area contributed by atoms with Gasteiger partial charge < -0.3 is 0 Å². The molecule has 0 fully saturated rings. The van der Waals surface area contributed by atoms with Crippen molar-refractivity contribution in [3.05, 3.63) is 35.9 Å². The molecule has 0 atom stereocenters. The van der Waals surface area contributed by atoms with E-state index in [-0.39, 0.29) is 0 Å². The molecule has 1 aromatic carbocycles. The summed E-state index contributed by atoms with van der Waals surface area (Å²) in [5, 5.41) is 0. The van der Waals surface area contributed by atoms with Crippen LogP contribution in [-0.2, 0) is 9.59 Å². The van der Waals surface area contributed by atoms with Crippen molar-refractivity contribution in [2.75, 3.05) is 0 Å². The van der Waals surface area contributed by atoms with E-state index in [1.165, 1.54) is 12.2 Å². The van der Waals surface area contributed by atoms with E-state index in [1.807, 2.05) is 0 Å². The highest BCUT2D eigenvalue weighted by Crippen LogP contribution is 2.18. The minimum atomic E-state index is 0.510.